The third kappa shape index (κ3) is 1.90. The van der Waals surface area contributed by atoms with Crippen molar-refractivity contribution in [3.8, 4) is 5.75 Å². The molecule has 1 aromatic rings. The summed E-state index contributed by atoms with van der Waals surface area (Å²) < 4.78 is 10.7. The molecule has 0 N–H and O–H groups in total. The summed E-state index contributed by atoms with van der Waals surface area (Å²) >= 11 is 0. The van der Waals surface area contributed by atoms with E-state index in [1.54, 1.807) is 7.11 Å². The van der Waals surface area contributed by atoms with Crippen molar-refractivity contribution in [3.05, 3.63) is 29.8 Å². The van der Waals surface area contributed by atoms with Gasteiger partial charge in [-0.05, 0) is 31.0 Å². The first-order valence-electron chi connectivity index (χ1n) is 4.99. The number of hydrogen-bond donors (Lipinski definition) is 0. The molecule has 0 aliphatic carbocycles. The lowest BCUT2D eigenvalue weighted by atomic mass is 9.89. The lowest BCUT2D eigenvalue weighted by molar-refractivity contribution is -0.132. The van der Waals surface area contributed by atoms with Crippen molar-refractivity contribution in [2.24, 2.45) is 0 Å². The topological polar surface area (TPSA) is 18.5 Å². The zero-order chi connectivity index (χ0) is 10.0. The summed E-state index contributed by atoms with van der Waals surface area (Å²) in [6, 6.07) is 8.20. The molecule has 76 valence electrons. The second-order valence-electron chi connectivity index (χ2n) is 4.07. The van der Waals surface area contributed by atoms with E-state index in [9.17, 15) is 0 Å². The normalized spacial score (nSPS) is 25.6. The van der Waals surface area contributed by atoms with Gasteiger partial charge in [0.05, 0.1) is 19.3 Å². The smallest absolute Gasteiger partial charge is 0.118 e. The molecule has 1 atom stereocenters. The Balaban J connectivity index is 2.02. The Labute approximate surface area is 84.8 Å². The lowest BCUT2D eigenvalue weighted by Gasteiger charge is -2.38. The van der Waals surface area contributed by atoms with E-state index in [0.717, 1.165) is 18.8 Å². The van der Waals surface area contributed by atoms with Crippen LogP contribution in [0.25, 0.3) is 0 Å². The summed E-state index contributed by atoms with van der Waals surface area (Å²) in [5.74, 6) is 0.911. The largest absolute Gasteiger partial charge is 0.497 e. The van der Waals surface area contributed by atoms with Crippen LogP contribution in [0.2, 0.25) is 0 Å². The van der Waals surface area contributed by atoms with Crippen LogP contribution in [0.4, 0.5) is 0 Å². The van der Waals surface area contributed by atoms with Gasteiger partial charge in [-0.3, -0.25) is 0 Å². The third-order valence-electron chi connectivity index (χ3n) is 2.82. The van der Waals surface area contributed by atoms with Crippen molar-refractivity contribution in [2.75, 3.05) is 13.7 Å². The molecule has 0 bridgehead atoms. The summed E-state index contributed by atoms with van der Waals surface area (Å²) in [6.07, 6.45) is 2.16. The van der Waals surface area contributed by atoms with Gasteiger partial charge in [-0.2, -0.15) is 0 Å². The Morgan fingerprint density at radius 1 is 1.36 bits per heavy atom. The molecular formula is C12H16O2. The van der Waals surface area contributed by atoms with Crippen LogP contribution < -0.4 is 4.74 Å². The zero-order valence-electron chi connectivity index (χ0n) is 8.75. The van der Waals surface area contributed by atoms with Crippen molar-refractivity contribution in [1.82, 2.24) is 0 Å². The average Bonchev–Trinajstić information content (AvgIpc) is 2.17. The van der Waals surface area contributed by atoms with Crippen molar-refractivity contribution in [3.63, 3.8) is 0 Å². The highest BCUT2D eigenvalue weighted by Gasteiger charge is 2.32. The first-order valence-corrected chi connectivity index (χ1v) is 4.99. The molecule has 0 amide bonds. The molecule has 1 aliphatic heterocycles. The highest BCUT2D eigenvalue weighted by atomic mass is 16.5. The maximum atomic E-state index is 5.55. The predicted octanol–water partition coefficient (Wildman–Crippen LogP) is 2.42. The highest BCUT2D eigenvalue weighted by molar-refractivity contribution is 5.28. The summed E-state index contributed by atoms with van der Waals surface area (Å²) in [5.41, 5.74) is 1.39. The Hall–Kier alpha value is -1.02. The van der Waals surface area contributed by atoms with Crippen LogP contribution in [0, 0.1) is 0 Å². The molecule has 1 aromatic carbocycles. The molecule has 1 saturated heterocycles. The zero-order valence-corrected chi connectivity index (χ0v) is 8.75. The van der Waals surface area contributed by atoms with Gasteiger partial charge in [0.2, 0.25) is 0 Å². The molecule has 1 aliphatic rings. The van der Waals surface area contributed by atoms with Crippen LogP contribution in [-0.4, -0.2) is 19.3 Å². The molecule has 0 saturated carbocycles. The summed E-state index contributed by atoms with van der Waals surface area (Å²) in [6.45, 7) is 3.08. The molecule has 1 fully saturated rings. The van der Waals surface area contributed by atoms with Crippen LogP contribution in [-0.2, 0) is 11.2 Å². The number of rotatable bonds is 3. The monoisotopic (exact) mass is 192 g/mol. The molecule has 1 heterocycles. The fourth-order valence-electron chi connectivity index (χ4n) is 1.77. The van der Waals surface area contributed by atoms with E-state index in [1.165, 1.54) is 12.0 Å². The average molecular weight is 192 g/mol. The van der Waals surface area contributed by atoms with Crippen molar-refractivity contribution < 1.29 is 9.47 Å². The SMILES string of the molecule is COc1ccc(CC2(C)CCO2)cc1. The third-order valence-corrected chi connectivity index (χ3v) is 2.82. The maximum absolute atomic E-state index is 5.55. The quantitative estimate of drug-likeness (QED) is 0.732. The van der Waals surface area contributed by atoms with Gasteiger partial charge in [0.15, 0.2) is 0 Å². The fourth-order valence-corrected chi connectivity index (χ4v) is 1.77. The second kappa shape index (κ2) is 3.62. The van der Waals surface area contributed by atoms with Crippen LogP contribution >= 0.6 is 0 Å². The van der Waals surface area contributed by atoms with Gasteiger partial charge in [0.25, 0.3) is 0 Å². The standard InChI is InChI=1S/C12H16O2/c1-12(7-8-14-12)9-10-3-5-11(13-2)6-4-10/h3-6H,7-9H2,1-2H3. The number of ether oxygens (including phenoxy) is 2. The van der Waals surface area contributed by atoms with Gasteiger partial charge in [-0.25, -0.2) is 0 Å². The van der Waals surface area contributed by atoms with Crippen molar-refractivity contribution >= 4 is 0 Å². The van der Waals surface area contributed by atoms with E-state index in [4.69, 9.17) is 9.47 Å². The molecule has 0 radical (unpaired) electrons. The molecule has 14 heavy (non-hydrogen) atoms. The maximum Gasteiger partial charge on any atom is 0.118 e. The Bertz CT molecular complexity index is 299. The molecule has 1 unspecified atom stereocenters. The summed E-state index contributed by atoms with van der Waals surface area (Å²) in [5, 5.41) is 0. The Morgan fingerprint density at radius 3 is 2.43 bits per heavy atom. The van der Waals surface area contributed by atoms with Crippen LogP contribution in [0.15, 0.2) is 24.3 Å². The minimum atomic E-state index is 0.0780. The van der Waals surface area contributed by atoms with Crippen LogP contribution in [0.1, 0.15) is 18.9 Å². The molecular weight excluding hydrogens is 176 g/mol. The fraction of sp³-hybridized carbons (Fsp3) is 0.500. The first kappa shape index (κ1) is 9.53. The van der Waals surface area contributed by atoms with E-state index in [-0.39, 0.29) is 5.60 Å². The van der Waals surface area contributed by atoms with E-state index >= 15 is 0 Å². The van der Waals surface area contributed by atoms with Gasteiger partial charge in [0.1, 0.15) is 5.75 Å². The highest BCUT2D eigenvalue weighted by Crippen LogP contribution is 2.30. The molecule has 0 spiro atoms. The first-order chi connectivity index (χ1) is 6.72. The molecule has 2 nitrogen and oxygen atoms in total. The minimum Gasteiger partial charge on any atom is -0.497 e. The van der Waals surface area contributed by atoms with E-state index in [0.29, 0.717) is 0 Å². The second-order valence-corrected chi connectivity index (χ2v) is 4.07. The van der Waals surface area contributed by atoms with E-state index in [1.807, 2.05) is 12.1 Å². The van der Waals surface area contributed by atoms with Crippen molar-refractivity contribution in [1.29, 1.82) is 0 Å². The number of methoxy groups -OCH3 is 1. The molecule has 2 heteroatoms. The summed E-state index contributed by atoms with van der Waals surface area (Å²) in [7, 11) is 1.69. The summed E-state index contributed by atoms with van der Waals surface area (Å²) in [4.78, 5) is 0. The van der Waals surface area contributed by atoms with Crippen molar-refractivity contribution in [2.45, 2.75) is 25.4 Å². The molecule has 0 aromatic heterocycles. The lowest BCUT2D eigenvalue weighted by Crippen LogP contribution is -2.42. The minimum absolute atomic E-state index is 0.0780. The Kier molecular flexibility index (Phi) is 2.46. The molecule has 2 rings (SSSR count). The van der Waals surface area contributed by atoms with Gasteiger partial charge in [-0.15, -0.1) is 0 Å². The number of hydrogen-bond acceptors (Lipinski definition) is 2. The van der Waals surface area contributed by atoms with E-state index in [2.05, 4.69) is 19.1 Å². The van der Waals surface area contributed by atoms with Gasteiger partial charge in [0, 0.05) is 6.42 Å². The van der Waals surface area contributed by atoms with Gasteiger partial charge in [-0.1, -0.05) is 12.1 Å². The van der Waals surface area contributed by atoms with Crippen LogP contribution in [0.5, 0.6) is 5.75 Å². The van der Waals surface area contributed by atoms with Crippen LogP contribution in [0.3, 0.4) is 0 Å². The number of benzene rings is 1. The van der Waals surface area contributed by atoms with Gasteiger partial charge < -0.3 is 9.47 Å². The van der Waals surface area contributed by atoms with Gasteiger partial charge >= 0.3 is 0 Å². The Morgan fingerprint density at radius 2 is 2.00 bits per heavy atom. The predicted molar refractivity (Wildman–Crippen MR) is 55.7 cm³/mol. The van der Waals surface area contributed by atoms with E-state index < -0.39 is 0 Å².